The van der Waals surface area contributed by atoms with Gasteiger partial charge in [0.15, 0.2) is 0 Å². The van der Waals surface area contributed by atoms with E-state index in [0.29, 0.717) is 18.7 Å². The molecule has 1 fully saturated rings. The van der Waals surface area contributed by atoms with E-state index in [-0.39, 0.29) is 11.0 Å². The van der Waals surface area contributed by atoms with Gasteiger partial charge in [0.1, 0.15) is 6.17 Å². The quantitative estimate of drug-likeness (QED) is 0.543. The minimum Gasteiger partial charge on any atom is -0.520 e. The number of aromatic nitrogens is 2. The first kappa shape index (κ1) is 20.9. The third kappa shape index (κ3) is 3.71. The molecule has 1 aliphatic carbocycles. The van der Waals surface area contributed by atoms with Gasteiger partial charge in [-0.1, -0.05) is 81.4 Å². The highest BCUT2D eigenvalue weighted by molar-refractivity contribution is 7.00. The first-order valence-electron chi connectivity index (χ1n) is 10.8. The van der Waals surface area contributed by atoms with E-state index >= 15 is 0 Å². The van der Waals surface area contributed by atoms with Crippen LogP contribution in [0.4, 0.5) is 4.39 Å². The standard InChI is InChI=1S/C25H31FN2OSi/c1-25(2,3)30(21-11-7-5-8-12-21,22-13-9-6-10-14-22)29-24-23(18-28(4)27-24)19-15-16-20(26)17-19/h5-14,18-20H,15-17H2,1-4H3. The third-order valence-electron chi connectivity index (χ3n) is 6.30. The van der Waals surface area contributed by atoms with Gasteiger partial charge in [-0.2, -0.15) is 0 Å². The lowest BCUT2D eigenvalue weighted by Gasteiger charge is -2.42. The van der Waals surface area contributed by atoms with Gasteiger partial charge in [-0.3, -0.25) is 4.68 Å². The maximum atomic E-state index is 14.0. The Morgan fingerprint density at radius 2 is 1.53 bits per heavy atom. The molecule has 5 heteroatoms. The predicted molar refractivity (Wildman–Crippen MR) is 123 cm³/mol. The fourth-order valence-electron chi connectivity index (χ4n) is 4.85. The van der Waals surface area contributed by atoms with Crippen molar-refractivity contribution in [2.45, 2.75) is 57.2 Å². The minimum absolute atomic E-state index is 0.136. The zero-order chi connectivity index (χ0) is 21.4. The van der Waals surface area contributed by atoms with Crippen LogP contribution in [0.25, 0.3) is 0 Å². The molecule has 1 heterocycles. The fraction of sp³-hybridized carbons (Fsp3) is 0.400. The van der Waals surface area contributed by atoms with Crippen LogP contribution in [0.15, 0.2) is 66.9 Å². The van der Waals surface area contributed by atoms with Gasteiger partial charge < -0.3 is 4.43 Å². The summed E-state index contributed by atoms with van der Waals surface area (Å²) in [5.41, 5.74) is 1.05. The van der Waals surface area contributed by atoms with E-state index in [1.807, 2.05) is 30.1 Å². The molecule has 4 rings (SSSR count). The summed E-state index contributed by atoms with van der Waals surface area (Å²) >= 11 is 0. The van der Waals surface area contributed by atoms with E-state index in [9.17, 15) is 4.39 Å². The first-order chi connectivity index (χ1) is 14.3. The smallest absolute Gasteiger partial charge is 0.322 e. The van der Waals surface area contributed by atoms with Gasteiger partial charge in [0, 0.05) is 18.8 Å². The van der Waals surface area contributed by atoms with E-state index in [2.05, 4.69) is 69.3 Å². The highest BCUT2D eigenvalue weighted by Gasteiger charge is 2.53. The van der Waals surface area contributed by atoms with Gasteiger partial charge in [0.25, 0.3) is 0 Å². The van der Waals surface area contributed by atoms with Crippen LogP contribution in [-0.2, 0) is 7.05 Å². The van der Waals surface area contributed by atoms with Gasteiger partial charge >= 0.3 is 8.32 Å². The molecule has 0 bridgehead atoms. The van der Waals surface area contributed by atoms with Crippen molar-refractivity contribution < 1.29 is 8.82 Å². The molecule has 30 heavy (non-hydrogen) atoms. The normalized spacial score (nSPS) is 19.8. The zero-order valence-corrected chi connectivity index (χ0v) is 19.3. The molecule has 0 spiro atoms. The largest absolute Gasteiger partial charge is 0.520 e. The van der Waals surface area contributed by atoms with Crippen molar-refractivity contribution in [2.24, 2.45) is 7.05 Å². The van der Waals surface area contributed by atoms with E-state index < -0.39 is 14.5 Å². The molecule has 1 aromatic heterocycles. The molecule has 0 saturated heterocycles. The topological polar surface area (TPSA) is 27.1 Å². The molecule has 1 saturated carbocycles. The van der Waals surface area contributed by atoms with E-state index in [4.69, 9.17) is 9.52 Å². The second-order valence-electron chi connectivity index (χ2n) is 9.44. The molecule has 2 aromatic carbocycles. The second-order valence-corrected chi connectivity index (χ2v) is 13.7. The Hall–Kier alpha value is -2.40. The first-order valence-corrected chi connectivity index (χ1v) is 12.7. The molecular formula is C25H31FN2OSi. The van der Waals surface area contributed by atoms with Crippen molar-refractivity contribution >= 4 is 18.7 Å². The van der Waals surface area contributed by atoms with Crippen LogP contribution in [-0.4, -0.2) is 24.3 Å². The second kappa shape index (κ2) is 8.03. The van der Waals surface area contributed by atoms with Crippen LogP contribution in [0.1, 0.15) is 51.5 Å². The number of alkyl halides is 1. The highest BCUT2D eigenvalue weighted by Crippen LogP contribution is 2.43. The SMILES string of the molecule is Cn1cc(C2CCC(F)C2)c(O[Si](c2ccccc2)(c2ccccc2)C(C)(C)C)n1. The van der Waals surface area contributed by atoms with Gasteiger partial charge in [-0.15, -0.1) is 5.10 Å². The van der Waals surface area contributed by atoms with Crippen molar-refractivity contribution in [3.63, 3.8) is 0 Å². The maximum Gasteiger partial charge on any atom is 0.322 e. The fourth-order valence-corrected chi connectivity index (χ4v) is 9.23. The van der Waals surface area contributed by atoms with Crippen LogP contribution in [0.2, 0.25) is 5.04 Å². The monoisotopic (exact) mass is 422 g/mol. The van der Waals surface area contributed by atoms with Crippen LogP contribution < -0.4 is 14.8 Å². The van der Waals surface area contributed by atoms with E-state index in [1.165, 1.54) is 10.4 Å². The molecule has 0 amide bonds. The summed E-state index contributed by atoms with van der Waals surface area (Å²) < 4.78 is 22.9. The van der Waals surface area contributed by atoms with E-state index in [0.717, 1.165) is 12.0 Å². The van der Waals surface area contributed by atoms with Crippen molar-refractivity contribution in [3.8, 4) is 5.88 Å². The molecule has 2 atom stereocenters. The van der Waals surface area contributed by atoms with Gasteiger partial charge in [-0.25, -0.2) is 4.39 Å². The lowest BCUT2D eigenvalue weighted by molar-refractivity contribution is 0.339. The average molecular weight is 423 g/mol. The molecule has 3 nitrogen and oxygen atoms in total. The molecule has 158 valence electrons. The van der Waals surface area contributed by atoms with Crippen LogP contribution >= 0.6 is 0 Å². The van der Waals surface area contributed by atoms with Crippen LogP contribution in [0, 0.1) is 0 Å². The van der Waals surface area contributed by atoms with E-state index in [1.54, 1.807) is 0 Å². The minimum atomic E-state index is -2.75. The average Bonchev–Trinajstić information content (AvgIpc) is 3.31. The van der Waals surface area contributed by atoms with Gasteiger partial charge in [0.2, 0.25) is 5.88 Å². The summed E-state index contributed by atoms with van der Waals surface area (Å²) in [6.45, 7) is 6.78. The number of benzene rings is 2. The summed E-state index contributed by atoms with van der Waals surface area (Å²) in [6.07, 6.45) is 3.33. The Morgan fingerprint density at radius 3 is 2.00 bits per heavy atom. The van der Waals surface area contributed by atoms with Crippen molar-refractivity contribution in [1.82, 2.24) is 9.78 Å². The molecular weight excluding hydrogens is 391 g/mol. The summed E-state index contributed by atoms with van der Waals surface area (Å²) in [4.78, 5) is 0. The Balaban J connectivity index is 1.89. The number of hydrogen-bond donors (Lipinski definition) is 0. The van der Waals surface area contributed by atoms with Crippen LogP contribution in [0.3, 0.4) is 0 Å². The Labute approximate surface area is 180 Å². The molecule has 3 aromatic rings. The number of aryl methyl sites for hydroxylation is 1. The summed E-state index contributed by atoms with van der Waals surface area (Å²) in [5.74, 6) is 0.841. The number of nitrogens with zero attached hydrogens (tertiary/aromatic N) is 2. The summed E-state index contributed by atoms with van der Waals surface area (Å²) in [5, 5.41) is 7.04. The Kier molecular flexibility index (Phi) is 5.58. The molecule has 0 aliphatic heterocycles. The summed E-state index contributed by atoms with van der Waals surface area (Å²) in [7, 11) is -0.826. The number of hydrogen-bond acceptors (Lipinski definition) is 2. The lowest BCUT2D eigenvalue weighted by Crippen LogP contribution is -2.69. The molecule has 2 unspecified atom stereocenters. The zero-order valence-electron chi connectivity index (χ0n) is 18.3. The van der Waals surface area contributed by atoms with Crippen LogP contribution in [0.5, 0.6) is 5.88 Å². The van der Waals surface area contributed by atoms with Crippen molar-refractivity contribution in [3.05, 3.63) is 72.4 Å². The molecule has 0 N–H and O–H groups in total. The van der Waals surface area contributed by atoms with Gasteiger partial charge in [0.05, 0.1) is 0 Å². The lowest BCUT2D eigenvalue weighted by atomic mass is 10.0. The van der Waals surface area contributed by atoms with Crippen molar-refractivity contribution in [1.29, 1.82) is 0 Å². The number of halogens is 1. The molecule has 1 aliphatic rings. The summed E-state index contributed by atoms with van der Waals surface area (Å²) in [6, 6.07) is 21.1. The molecule has 0 radical (unpaired) electrons. The Morgan fingerprint density at radius 1 is 0.967 bits per heavy atom. The van der Waals surface area contributed by atoms with Gasteiger partial charge in [-0.05, 0) is 40.6 Å². The number of rotatable bonds is 5. The predicted octanol–water partition coefficient (Wildman–Crippen LogP) is 4.96. The third-order valence-corrected chi connectivity index (χ3v) is 11.2. The Bertz CT molecular complexity index is 942. The van der Waals surface area contributed by atoms with Crippen molar-refractivity contribution in [2.75, 3.05) is 0 Å². The highest BCUT2D eigenvalue weighted by atomic mass is 28.4. The maximum absolute atomic E-state index is 14.0.